The maximum absolute atomic E-state index is 13.1. The van der Waals surface area contributed by atoms with Gasteiger partial charge in [-0.05, 0) is 50.2 Å². The number of benzene rings is 1. The topological polar surface area (TPSA) is 33.2 Å². The molecular formula is C19H21F3N2OS. The molecule has 1 amide bonds. The summed E-state index contributed by atoms with van der Waals surface area (Å²) in [5.41, 5.74) is -0.217. The van der Waals surface area contributed by atoms with Gasteiger partial charge in [0.25, 0.3) is 5.91 Å². The molecule has 1 aromatic heterocycles. The summed E-state index contributed by atoms with van der Waals surface area (Å²) in [6.45, 7) is 3.16. The number of rotatable bonds is 4. The molecule has 1 atom stereocenters. The first-order chi connectivity index (χ1) is 12.3. The largest absolute Gasteiger partial charge is 0.416 e. The third-order valence-corrected chi connectivity index (χ3v) is 5.68. The number of nitrogens with zero attached hydrogens (tertiary/aromatic N) is 2. The number of likely N-dealkylation sites (tertiary alicyclic amines) is 1. The molecule has 1 fully saturated rings. The van der Waals surface area contributed by atoms with Crippen molar-refractivity contribution in [2.45, 2.75) is 38.8 Å². The summed E-state index contributed by atoms with van der Waals surface area (Å²) in [5, 5.41) is 0.852. The lowest BCUT2D eigenvalue weighted by Gasteiger charge is -2.32. The molecule has 0 N–H and O–H groups in total. The van der Waals surface area contributed by atoms with Crippen LogP contribution in [0.15, 0.2) is 30.5 Å². The molecule has 2 heterocycles. The smallest absolute Gasteiger partial charge is 0.338 e. The average Bonchev–Trinajstić information content (AvgIpc) is 3.05. The standard InChI is InChI=1S/C19H21F3N2OS/c1-13-23-11-17(26-13)18(25)24-10-4-5-14(12-24)8-9-15-6-2-3-7-16(15)19(20,21)22/h2-3,6-7,11,14H,4-5,8-10,12H2,1H3/t14-/m0/s1. The van der Waals surface area contributed by atoms with Crippen LogP contribution in [0.1, 0.15) is 45.1 Å². The van der Waals surface area contributed by atoms with Gasteiger partial charge in [-0.3, -0.25) is 4.79 Å². The lowest BCUT2D eigenvalue weighted by molar-refractivity contribution is -0.138. The average molecular weight is 382 g/mol. The van der Waals surface area contributed by atoms with Crippen LogP contribution in [-0.2, 0) is 12.6 Å². The summed E-state index contributed by atoms with van der Waals surface area (Å²) in [6.07, 6.45) is 0.135. The molecule has 7 heteroatoms. The number of aromatic nitrogens is 1. The zero-order chi connectivity index (χ0) is 18.7. The van der Waals surface area contributed by atoms with Crippen LogP contribution in [0.5, 0.6) is 0 Å². The molecule has 1 aliphatic rings. The van der Waals surface area contributed by atoms with E-state index in [0.29, 0.717) is 36.4 Å². The van der Waals surface area contributed by atoms with E-state index < -0.39 is 11.7 Å². The van der Waals surface area contributed by atoms with Crippen molar-refractivity contribution in [1.29, 1.82) is 0 Å². The molecular weight excluding hydrogens is 361 g/mol. The van der Waals surface area contributed by atoms with Crippen LogP contribution < -0.4 is 0 Å². The summed E-state index contributed by atoms with van der Waals surface area (Å²) >= 11 is 1.38. The molecule has 1 aromatic carbocycles. The van der Waals surface area contributed by atoms with E-state index in [1.54, 1.807) is 18.3 Å². The van der Waals surface area contributed by atoms with Crippen molar-refractivity contribution in [2.24, 2.45) is 5.92 Å². The summed E-state index contributed by atoms with van der Waals surface area (Å²) in [4.78, 5) is 19.1. The fraction of sp³-hybridized carbons (Fsp3) is 0.474. The van der Waals surface area contributed by atoms with E-state index in [4.69, 9.17) is 0 Å². The molecule has 1 saturated heterocycles. The predicted octanol–water partition coefficient (Wildman–Crippen LogP) is 4.96. The summed E-state index contributed by atoms with van der Waals surface area (Å²) in [6, 6.07) is 5.75. The fourth-order valence-corrected chi connectivity index (χ4v) is 4.22. The molecule has 0 bridgehead atoms. The van der Waals surface area contributed by atoms with E-state index in [1.165, 1.54) is 17.4 Å². The van der Waals surface area contributed by atoms with Gasteiger partial charge in [0, 0.05) is 13.1 Å². The Morgan fingerprint density at radius 3 is 2.81 bits per heavy atom. The normalized spacial score (nSPS) is 18.2. The van der Waals surface area contributed by atoms with Gasteiger partial charge in [-0.25, -0.2) is 4.98 Å². The SMILES string of the molecule is Cc1ncc(C(=O)N2CCC[C@@H](CCc3ccccc3C(F)(F)F)C2)s1. The lowest BCUT2D eigenvalue weighted by atomic mass is 9.90. The van der Waals surface area contributed by atoms with Gasteiger partial charge in [0.05, 0.1) is 16.8 Å². The minimum absolute atomic E-state index is 0.0176. The minimum Gasteiger partial charge on any atom is -0.338 e. The molecule has 0 aliphatic carbocycles. The third kappa shape index (κ3) is 4.44. The van der Waals surface area contributed by atoms with Crippen molar-refractivity contribution in [1.82, 2.24) is 9.88 Å². The number of carbonyl (C=O) groups is 1. The molecule has 1 aliphatic heterocycles. The molecule has 0 spiro atoms. The second-order valence-corrected chi connectivity index (χ2v) is 7.93. The molecule has 0 saturated carbocycles. The highest BCUT2D eigenvalue weighted by atomic mass is 32.1. The number of alkyl halides is 3. The van der Waals surface area contributed by atoms with Crippen molar-refractivity contribution in [3.8, 4) is 0 Å². The number of amides is 1. The Morgan fingerprint density at radius 1 is 1.35 bits per heavy atom. The third-order valence-electron chi connectivity index (χ3n) is 4.78. The van der Waals surface area contributed by atoms with Crippen LogP contribution in [0.4, 0.5) is 13.2 Å². The predicted molar refractivity (Wildman–Crippen MR) is 95.2 cm³/mol. The molecule has 140 valence electrons. The Labute approximate surface area is 154 Å². The van der Waals surface area contributed by atoms with Crippen LogP contribution in [0.3, 0.4) is 0 Å². The van der Waals surface area contributed by atoms with E-state index in [9.17, 15) is 18.0 Å². The van der Waals surface area contributed by atoms with Gasteiger partial charge >= 0.3 is 6.18 Å². The number of halogens is 3. The highest BCUT2D eigenvalue weighted by Crippen LogP contribution is 2.33. The Bertz CT molecular complexity index is 772. The molecule has 0 radical (unpaired) electrons. The molecule has 3 nitrogen and oxygen atoms in total. The van der Waals surface area contributed by atoms with Crippen LogP contribution in [0, 0.1) is 12.8 Å². The first kappa shape index (κ1) is 18.9. The van der Waals surface area contributed by atoms with Crippen LogP contribution in [0.25, 0.3) is 0 Å². The van der Waals surface area contributed by atoms with Crippen LogP contribution >= 0.6 is 11.3 Å². The Hall–Kier alpha value is -1.89. The van der Waals surface area contributed by atoms with Crippen LogP contribution in [-0.4, -0.2) is 28.9 Å². The summed E-state index contributed by atoms with van der Waals surface area (Å²) in [7, 11) is 0. The zero-order valence-electron chi connectivity index (χ0n) is 14.6. The van der Waals surface area contributed by atoms with Crippen molar-refractivity contribution in [2.75, 3.05) is 13.1 Å². The second kappa shape index (κ2) is 7.78. The van der Waals surface area contributed by atoms with Crippen LogP contribution in [0.2, 0.25) is 0 Å². The molecule has 3 rings (SSSR count). The van der Waals surface area contributed by atoms with Gasteiger partial charge in [-0.1, -0.05) is 18.2 Å². The quantitative estimate of drug-likeness (QED) is 0.749. The Morgan fingerprint density at radius 2 is 2.12 bits per heavy atom. The first-order valence-corrected chi connectivity index (χ1v) is 9.53. The number of piperidine rings is 1. The van der Waals surface area contributed by atoms with E-state index in [0.717, 1.165) is 23.9 Å². The molecule has 26 heavy (non-hydrogen) atoms. The number of aryl methyl sites for hydroxylation is 2. The van der Waals surface area contributed by atoms with Crippen molar-refractivity contribution in [3.05, 3.63) is 51.5 Å². The zero-order valence-corrected chi connectivity index (χ0v) is 15.4. The van der Waals surface area contributed by atoms with E-state index in [-0.39, 0.29) is 11.8 Å². The number of thiazole rings is 1. The highest BCUT2D eigenvalue weighted by Gasteiger charge is 2.33. The second-order valence-electron chi connectivity index (χ2n) is 6.70. The maximum atomic E-state index is 13.1. The summed E-state index contributed by atoms with van der Waals surface area (Å²) in [5.74, 6) is 0.207. The van der Waals surface area contributed by atoms with E-state index in [1.807, 2.05) is 11.8 Å². The van der Waals surface area contributed by atoms with Crippen molar-refractivity contribution < 1.29 is 18.0 Å². The number of hydrogen-bond acceptors (Lipinski definition) is 3. The molecule has 0 unspecified atom stereocenters. The summed E-state index contributed by atoms with van der Waals surface area (Å²) < 4.78 is 39.3. The molecule has 2 aromatic rings. The van der Waals surface area contributed by atoms with Crippen molar-refractivity contribution in [3.63, 3.8) is 0 Å². The highest BCUT2D eigenvalue weighted by molar-refractivity contribution is 7.13. The Balaban J connectivity index is 1.62. The van der Waals surface area contributed by atoms with E-state index >= 15 is 0 Å². The van der Waals surface area contributed by atoms with Gasteiger partial charge in [0.1, 0.15) is 4.88 Å². The Kier molecular flexibility index (Phi) is 5.65. The van der Waals surface area contributed by atoms with Gasteiger partial charge < -0.3 is 4.90 Å². The monoisotopic (exact) mass is 382 g/mol. The minimum atomic E-state index is -4.32. The number of carbonyl (C=O) groups excluding carboxylic acids is 1. The van der Waals surface area contributed by atoms with Gasteiger partial charge in [0.15, 0.2) is 0 Å². The van der Waals surface area contributed by atoms with Gasteiger partial charge in [-0.15, -0.1) is 11.3 Å². The van der Waals surface area contributed by atoms with Gasteiger partial charge in [-0.2, -0.15) is 13.2 Å². The first-order valence-electron chi connectivity index (χ1n) is 8.71. The van der Waals surface area contributed by atoms with Gasteiger partial charge in [0.2, 0.25) is 0 Å². The van der Waals surface area contributed by atoms with E-state index in [2.05, 4.69) is 4.98 Å². The lowest BCUT2D eigenvalue weighted by Crippen LogP contribution is -2.39. The number of hydrogen-bond donors (Lipinski definition) is 0. The maximum Gasteiger partial charge on any atom is 0.416 e. The fourth-order valence-electron chi connectivity index (χ4n) is 3.48. The van der Waals surface area contributed by atoms with Crippen molar-refractivity contribution >= 4 is 17.2 Å².